The molecule has 2 saturated heterocycles. The molecule has 1 aromatic carbocycles. The lowest BCUT2D eigenvalue weighted by molar-refractivity contribution is -0.144. The van der Waals surface area contributed by atoms with E-state index in [1.807, 2.05) is 38.9 Å². The van der Waals surface area contributed by atoms with E-state index in [0.717, 1.165) is 19.3 Å². The van der Waals surface area contributed by atoms with E-state index in [4.69, 9.17) is 21.1 Å². The molecule has 34 heavy (non-hydrogen) atoms. The van der Waals surface area contributed by atoms with E-state index in [2.05, 4.69) is 5.10 Å². The zero-order valence-corrected chi connectivity index (χ0v) is 20.3. The Morgan fingerprint density at radius 3 is 2.74 bits per heavy atom. The van der Waals surface area contributed by atoms with Gasteiger partial charge in [0.05, 0.1) is 19.8 Å². The smallest absolute Gasteiger partial charge is 0.223 e. The van der Waals surface area contributed by atoms with E-state index in [1.54, 1.807) is 18.3 Å². The van der Waals surface area contributed by atoms with Crippen LogP contribution in [0.25, 0.3) is 0 Å². The number of likely N-dealkylation sites (tertiary alicyclic amines) is 1. The molecular weight excluding hydrogens is 456 g/mol. The third-order valence-electron chi connectivity index (χ3n) is 6.58. The molecule has 4 rings (SSSR count). The van der Waals surface area contributed by atoms with Crippen molar-refractivity contribution in [2.75, 3.05) is 46.0 Å². The van der Waals surface area contributed by atoms with Gasteiger partial charge in [-0.25, -0.2) is 0 Å². The number of aromatic nitrogens is 2. The molecule has 2 fully saturated rings. The Labute approximate surface area is 205 Å². The fourth-order valence-corrected chi connectivity index (χ4v) is 4.94. The second kappa shape index (κ2) is 11.7. The van der Waals surface area contributed by atoms with Crippen LogP contribution >= 0.6 is 11.6 Å². The van der Waals surface area contributed by atoms with Gasteiger partial charge in [0, 0.05) is 68.4 Å². The lowest BCUT2D eigenvalue weighted by atomic mass is 9.77. The van der Waals surface area contributed by atoms with E-state index in [-0.39, 0.29) is 11.8 Å². The second-order valence-electron chi connectivity index (χ2n) is 9.21. The predicted octanol–water partition coefficient (Wildman–Crippen LogP) is 3.25. The molecule has 0 saturated carbocycles. The molecule has 1 aromatic heterocycles. The maximum absolute atomic E-state index is 13.2. The topological polar surface area (TPSA) is 76.9 Å². The predicted molar refractivity (Wildman–Crippen MR) is 129 cm³/mol. The highest BCUT2D eigenvalue weighted by Gasteiger charge is 2.41. The van der Waals surface area contributed by atoms with Crippen LogP contribution in [0, 0.1) is 5.41 Å². The normalized spacial score (nSPS) is 20.9. The van der Waals surface area contributed by atoms with Crippen molar-refractivity contribution in [3.63, 3.8) is 0 Å². The van der Waals surface area contributed by atoms with Gasteiger partial charge < -0.3 is 19.3 Å². The first-order valence-corrected chi connectivity index (χ1v) is 12.4. The Hall–Kier alpha value is -2.58. The number of carbonyl (C=O) groups is 2. The van der Waals surface area contributed by atoms with Crippen LogP contribution in [-0.2, 0) is 20.9 Å². The average Bonchev–Trinajstić information content (AvgIpc) is 3.37. The van der Waals surface area contributed by atoms with Crippen molar-refractivity contribution in [3.8, 4) is 5.75 Å². The lowest BCUT2D eigenvalue weighted by Crippen LogP contribution is -2.52. The minimum atomic E-state index is -0.437. The van der Waals surface area contributed by atoms with Crippen molar-refractivity contribution in [1.29, 1.82) is 0 Å². The van der Waals surface area contributed by atoms with Crippen molar-refractivity contribution >= 4 is 23.4 Å². The molecule has 3 heterocycles. The summed E-state index contributed by atoms with van der Waals surface area (Å²) in [7, 11) is 0. The molecule has 1 atom stereocenters. The number of ether oxygens (including phenoxy) is 2. The van der Waals surface area contributed by atoms with Gasteiger partial charge >= 0.3 is 0 Å². The van der Waals surface area contributed by atoms with Gasteiger partial charge in [-0.1, -0.05) is 17.7 Å². The summed E-state index contributed by atoms with van der Waals surface area (Å²) in [6, 6.07) is 9.17. The molecule has 0 spiro atoms. The third kappa shape index (κ3) is 6.73. The van der Waals surface area contributed by atoms with Crippen molar-refractivity contribution in [2.24, 2.45) is 5.41 Å². The van der Waals surface area contributed by atoms with Gasteiger partial charge in [-0.15, -0.1) is 0 Å². The molecule has 0 aliphatic carbocycles. The zero-order valence-electron chi connectivity index (χ0n) is 19.5. The van der Waals surface area contributed by atoms with Crippen molar-refractivity contribution in [1.82, 2.24) is 19.6 Å². The Balaban J connectivity index is 1.41. The Morgan fingerprint density at radius 1 is 1.12 bits per heavy atom. The van der Waals surface area contributed by atoms with E-state index < -0.39 is 5.41 Å². The lowest BCUT2D eigenvalue weighted by Gasteiger charge is -2.43. The molecule has 0 radical (unpaired) electrons. The van der Waals surface area contributed by atoms with Crippen LogP contribution in [-0.4, -0.2) is 77.4 Å². The number of morpholine rings is 1. The Kier molecular flexibility index (Phi) is 8.45. The van der Waals surface area contributed by atoms with Crippen LogP contribution in [0.15, 0.2) is 42.7 Å². The summed E-state index contributed by atoms with van der Waals surface area (Å²) in [5.41, 5.74) is -0.437. The Bertz CT molecular complexity index is 948. The van der Waals surface area contributed by atoms with Gasteiger partial charge in [-0.3, -0.25) is 14.3 Å². The summed E-state index contributed by atoms with van der Waals surface area (Å²) in [5.74, 6) is 0.900. The fraction of sp³-hybridized carbons (Fsp3) is 0.560. The third-order valence-corrected chi connectivity index (χ3v) is 6.82. The summed E-state index contributed by atoms with van der Waals surface area (Å²) in [5, 5.41) is 4.81. The minimum Gasteiger partial charge on any atom is -0.493 e. The van der Waals surface area contributed by atoms with E-state index in [0.29, 0.717) is 76.2 Å². The maximum Gasteiger partial charge on any atom is 0.223 e. The van der Waals surface area contributed by atoms with E-state index >= 15 is 0 Å². The highest BCUT2D eigenvalue weighted by molar-refractivity contribution is 6.30. The van der Waals surface area contributed by atoms with Crippen LogP contribution in [0.4, 0.5) is 0 Å². The van der Waals surface area contributed by atoms with Crippen molar-refractivity contribution in [2.45, 2.75) is 38.6 Å². The van der Waals surface area contributed by atoms with Crippen molar-refractivity contribution < 1.29 is 19.1 Å². The first-order chi connectivity index (χ1) is 16.5. The number of piperidine rings is 1. The number of halogens is 1. The molecule has 2 aliphatic heterocycles. The standard InChI is InChI=1S/C25H33ClN4O4/c26-21-5-1-6-22(17-21)34-20-25(18-24(32)28-13-15-33-16-14-28)8-3-10-29(19-25)23(31)7-2-11-30-12-4-9-27-30/h1,4-6,9,12,17H,2-3,7-8,10-11,13-16,18-20H2/t25-/m0/s1. The van der Waals surface area contributed by atoms with Crippen LogP contribution < -0.4 is 4.74 Å². The first-order valence-electron chi connectivity index (χ1n) is 12.0. The summed E-state index contributed by atoms with van der Waals surface area (Å²) >= 11 is 6.13. The van der Waals surface area contributed by atoms with Crippen molar-refractivity contribution in [3.05, 3.63) is 47.7 Å². The molecule has 0 unspecified atom stereocenters. The summed E-state index contributed by atoms with van der Waals surface area (Å²) in [4.78, 5) is 30.0. The number of amides is 2. The van der Waals surface area contributed by atoms with Crippen LogP contribution in [0.2, 0.25) is 5.02 Å². The molecular formula is C25H33ClN4O4. The number of carbonyl (C=O) groups excluding carboxylic acids is 2. The number of hydrogen-bond donors (Lipinski definition) is 0. The summed E-state index contributed by atoms with van der Waals surface area (Å²) in [6.45, 7) is 4.67. The maximum atomic E-state index is 13.2. The van der Waals surface area contributed by atoms with Gasteiger partial charge in [-0.2, -0.15) is 5.10 Å². The van der Waals surface area contributed by atoms with Crippen LogP contribution in [0.1, 0.15) is 32.1 Å². The summed E-state index contributed by atoms with van der Waals surface area (Å²) < 4.78 is 13.4. The zero-order chi connectivity index (χ0) is 23.8. The molecule has 9 heteroatoms. The average molecular weight is 489 g/mol. The highest BCUT2D eigenvalue weighted by Crippen LogP contribution is 2.36. The number of aryl methyl sites for hydroxylation is 1. The summed E-state index contributed by atoms with van der Waals surface area (Å²) in [6.07, 6.45) is 6.87. The van der Waals surface area contributed by atoms with Gasteiger partial charge in [0.15, 0.2) is 0 Å². The quantitative estimate of drug-likeness (QED) is 0.541. The number of hydrogen-bond acceptors (Lipinski definition) is 5. The van der Waals surface area contributed by atoms with Crippen LogP contribution in [0.3, 0.4) is 0 Å². The minimum absolute atomic E-state index is 0.103. The first kappa shape index (κ1) is 24.5. The highest BCUT2D eigenvalue weighted by atomic mass is 35.5. The monoisotopic (exact) mass is 488 g/mol. The molecule has 184 valence electrons. The molecule has 8 nitrogen and oxygen atoms in total. The SMILES string of the molecule is O=C(C[C@@]1(COc2cccc(Cl)c2)CCCN(C(=O)CCCn2cccn2)C1)N1CCOCC1. The molecule has 0 N–H and O–H groups in total. The van der Waals surface area contributed by atoms with Gasteiger partial charge in [0.2, 0.25) is 11.8 Å². The Morgan fingerprint density at radius 2 is 1.97 bits per heavy atom. The largest absolute Gasteiger partial charge is 0.493 e. The molecule has 0 bridgehead atoms. The number of benzene rings is 1. The number of rotatable bonds is 9. The van der Waals surface area contributed by atoms with Crippen LogP contribution in [0.5, 0.6) is 5.75 Å². The van der Waals surface area contributed by atoms with Gasteiger partial charge in [0.25, 0.3) is 0 Å². The van der Waals surface area contributed by atoms with E-state index in [1.165, 1.54) is 0 Å². The van der Waals surface area contributed by atoms with Gasteiger partial charge in [0.1, 0.15) is 5.75 Å². The van der Waals surface area contributed by atoms with E-state index in [9.17, 15) is 9.59 Å². The molecule has 2 aliphatic rings. The second-order valence-corrected chi connectivity index (χ2v) is 9.64. The number of nitrogens with zero attached hydrogens (tertiary/aromatic N) is 4. The van der Waals surface area contributed by atoms with Gasteiger partial charge in [-0.05, 0) is 43.5 Å². The fourth-order valence-electron chi connectivity index (χ4n) is 4.76. The molecule has 2 aromatic rings. The molecule has 2 amide bonds.